The van der Waals surface area contributed by atoms with Gasteiger partial charge in [-0.1, -0.05) is 30.3 Å². The van der Waals surface area contributed by atoms with Crippen LogP contribution in [-0.4, -0.2) is 19.9 Å². The van der Waals surface area contributed by atoms with Crippen molar-refractivity contribution in [1.82, 2.24) is 19.9 Å². The Morgan fingerprint density at radius 1 is 0.960 bits per heavy atom. The van der Waals surface area contributed by atoms with Gasteiger partial charge in [-0.15, -0.1) is 11.3 Å². The lowest BCUT2D eigenvalue weighted by molar-refractivity contribution is 1.04. The number of pyridine rings is 1. The molecule has 0 unspecified atom stereocenters. The van der Waals surface area contributed by atoms with Gasteiger partial charge in [0.15, 0.2) is 0 Å². The second-order valence-corrected chi connectivity index (χ2v) is 6.25. The number of hydrogen-bond donors (Lipinski definition) is 1. The zero-order valence-corrected chi connectivity index (χ0v) is 14.1. The van der Waals surface area contributed by atoms with Crippen LogP contribution in [0.3, 0.4) is 0 Å². The van der Waals surface area contributed by atoms with Crippen LogP contribution < -0.4 is 5.32 Å². The van der Waals surface area contributed by atoms with E-state index in [2.05, 4.69) is 30.6 Å². The molecule has 0 aliphatic rings. The number of anilines is 1. The van der Waals surface area contributed by atoms with Gasteiger partial charge in [0.05, 0.1) is 17.9 Å². The Labute approximate surface area is 149 Å². The van der Waals surface area contributed by atoms with Crippen LogP contribution in [-0.2, 0) is 6.54 Å². The highest BCUT2D eigenvalue weighted by Crippen LogP contribution is 2.23. The fourth-order valence-corrected chi connectivity index (χ4v) is 3.22. The van der Waals surface area contributed by atoms with E-state index in [-0.39, 0.29) is 0 Å². The summed E-state index contributed by atoms with van der Waals surface area (Å²) in [5, 5.41) is 6.33. The maximum atomic E-state index is 4.65. The molecule has 0 saturated heterocycles. The molecule has 6 heteroatoms. The van der Waals surface area contributed by atoms with E-state index in [1.165, 1.54) is 0 Å². The van der Waals surface area contributed by atoms with Crippen molar-refractivity contribution in [2.24, 2.45) is 0 Å². The molecule has 0 aliphatic heterocycles. The molecule has 0 aliphatic carbocycles. The Kier molecular flexibility index (Phi) is 4.43. The smallest absolute Gasteiger partial charge is 0.130 e. The van der Waals surface area contributed by atoms with Gasteiger partial charge in [0.2, 0.25) is 0 Å². The lowest BCUT2D eigenvalue weighted by Crippen LogP contribution is -2.02. The quantitative estimate of drug-likeness (QED) is 0.585. The average Bonchev–Trinajstić information content (AvgIpc) is 3.17. The fraction of sp³-hybridized carbons (Fsp3) is 0.0526. The number of benzene rings is 1. The minimum Gasteiger partial charge on any atom is -0.364 e. The van der Waals surface area contributed by atoms with Crippen molar-refractivity contribution in [2.75, 3.05) is 5.32 Å². The van der Waals surface area contributed by atoms with Crippen molar-refractivity contribution in [3.63, 3.8) is 0 Å². The van der Waals surface area contributed by atoms with Crippen molar-refractivity contribution in [3.05, 3.63) is 78.3 Å². The highest BCUT2D eigenvalue weighted by Gasteiger charge is 2.06. The van der Waals surface area contributed by atoms with E-state index >= 15 is 0 Å². The molecule has 4 aromatic rings. The Bertz CT molecular complexity index is 954. The number of nitrogens with one attached hydrogen (secondary N) is 1. The number of aromatic nitrogens is 4. The van der Waals surface area contributed by atoms with E-state index in [1.54, 1.807) is 23.9 Å². The highest BCUT2D eigenvalue weighted by molar-refractivity contribution is 7.13. The average molecular weight is 345 g/mol. The third-order valence-corrected chi connectivity index (χ3v) is 4.59. The van der Waals surface area contributed by atoms with Crippen LogP contribution in [0.4, 0.5) is 5.82 Å². The van der Waals surface area contributed by atoms with Crippen LogP contribution in [0, 0.1) is 0 Å². The van der Waals surface area contributed by atoms with Gasteiger partial charge in [0, 0.05) is 35.0 Å². The first-order valence-corrected chi connectivity index (χ1v) is 8.72. The van der Waals surface area contributed by atoms with Gasteiger partial charge >= 0.3 is 0 Å². The lowest BCUT2D eigenvalue weighted by atomic mass is 10.1. The third-order valence-electron chi connectivity index (χ3n) is 3.65. The summed E-state index contributed by atoms with van der Waals surface area (Å²) in [5.41, 5.74) is 3.98. The molecule has 3 heterocycles. The molecular weight excluding hydrogens is 330 g/mol. The molecule has 0 spiro atoms. The topological polar surface area (TPSA) is 63.6 Å². The molecule has 1 N–H and O–H groups in total. The minimum atomic E-state index is 0.613. The first kappa shape index (κ1) is 15.4. The van der Waals surface area contributed by atoms with E-state index < -0.39 is 0 Å². The van der Waals surface area contributed by atoms with Gasteiger partial charge in [-0.2, -0.15) is 0 Å². The summed E-state index contributed by atoms with van der Waals surface area (Å²) < 4.78 is 0. The molecule has 0 fully saturated rings. The van der Waals surface area contributed by atoms with Crippen LogP contribution in [0.2, 0.25) is 0 Å². The van der Waals surface area contributed by atoms with Crippen molar-refractivity contribution in [2.45, 2.75) is 6.54 Å². The Morgan fingerprint density at radius 2 is 1.84 bits per heavy atom. The summed E-state index contributed by atoms with van der Waals surface area (Å²) >= 11 is 1.61. The standard InChI is InChI=1S/C19H15N5S/c1-2-5-14(6-3-1)17-9-18(23-13-22-17)21-11-16-12-25-19(24-16)15-7-4-8-20-10-15/h1-10,12-13H,11H2,(H,21,22,23). The van der Waals surface area contributed by atoms with Crippen LogP contribution in [0.25, 0.3) is 21.8 Å². The monoisotopic (exact) mass is 345 g/mol. The van der Waals surface area contributed by atoms with Crippen LogP contribution in [0.5, 0.6) is 0 Å². The van der Waals surface area contributed by atoms with Crippen molar-refractivity contribution >= 4 is 17.2 Å². The third kappa shape index (κ3) is 3.70. The Balaban J connectivity index is 1.46. The van der Waals surface area contributed by atoms with E-state index in [4.69, 9.17) is 0 Å². The fourth-order valence-electron chi connectivity index (χ4n) is 2.41. The van der Waals surface area contributed by atoms with Gasteiger partial charge in [-0.25, -0.2) is 15.0 Å². The summed E-state index contributed by atoms with van der Waals surface area (Å²) in [5.74, 6) is 0.782. The summed E-state index contributed by atoms with van der Waals surface area (Å²) in [7, 11) is 0. The number of thiazole rings is 1. The van der Waals surface area contributed by atoms with E-state index in [0.717, 1.165) is 33.3 Å². The molecule has 4 rings (SSSR count). The maximum absolute atomic E-state index is 4.65. The highest BCUT2D eigenvalue weighted by atomic mass is 32.1. The van der Waals surface area contributed by atoms with E-state index in [1.807, 2.05) is 54.7 Å². The van der Waals surface area contributed by atoms with E-state index in [9.17, 15) is 0 Å². The van der Waals surface area contributed by atoms with Gasteiger partial charge in [0.1, 0.15) is 17.2 Å². The van der Waals surface area contributed by atoms with Crippen LogP contribution in [0.1, 0.15) is 5.69 Å². The first-order valence-electron chi connectivity index (χ1n) is 7.84. The van der Waals surface area contributed by atoms with Crippen molar-refractivity contribution in [3.8, 4) is 21.8 Å². The molecule has 122 valence electrons. The molecule has 0 radical (unpaired) electrons. The predicted octanol–water partition coefficient (Wildman–Crippen LogP) is 4.27. The molecule has 1 aromatic carbocycles. The van der Waals surface area contributed by atoms with E-state index in [0.29, 0.717) is 6.54 Å². The second-order valence-electron chi connectivity index (χ2n) is 5.39. The lowest BCUT2D eigenvalue weighted by Gasteiger charge is -2.05. The largest absolute Gasteiger partial charge is 0.364 e. The minimum absolute atomic E-state index is 0.613. The number of nitrogens with zero attached hydrogens (tertiary/aromatic N) is 4. The number of hydrogen-bond acceptors (Lipinski definition) is 6. The first-order chi connectivity index (χ1) is 12.4. The van der Waals surface area contributed by atoms with Crippen molar-refractivity contribution < 1.29 is 0 Å². The predicted molar refractivity (Wildman–Crippen MR) is 100 cm³/mol. The zero-order valence-electron chi connectivity index (χ0n) is 13.3. The van der Waals surface area contributed by atoms with Gasteiger partial charge in [0.25, 0.3) is 0 Å². The van der Waals surface area contributed by atoms with Gasteiger partial charge < -0.3 is 5.32 Å². The molecule has 3 aromatic heterocycles. The van der Waals surface area contributed by atoms with Gasteiger partial charge in [-0.05, 0) is 12.1 Å². The number of rotatable bonds is 5. The SMILES string of the molecule is c1ccc(-c2cc(NCc3csc(-c4cccnc4)n3)ncn2)cc1. The van der Waals surface area contributed by atoms with Crippen molar-refractivity contribution in [1.29, 1.82) is 0 Å². The Hall–Kier alpha value is -3.12. The summed E-state index contributed by atoms with van der Waals surface area (Å²) in [6.07, 6.45) is 5.17. The molecule has 0 amide bonds. The van der Waals surface area contributed by atoms with Crippen LogP contribution in [0.15, 0.2) is 72.6 Å². The summed E-state index contributed by atoms with van der Waals surface area (Å²) in [6.45, 7) is 0.613. The maximum Gasteiger partial charge on any atom is 0.130 e. The summed E-state index contributed by atoms with van der Waals surface area (Å²) in [4.78, 5) is 17.4. The Morgan fingerprint density at radius 3 is 2.68 bits per heavy atom. The zero-order chi connectivity index (χ0) is 16.9. The molecule has 0 bridgehead atoms. The normalized spacial score (nSPS) is 10.6. The molecule has 0 atom stereocenters. The molecular formula is C19H15N5S. The van der Waals surface area contributed by atoms with Gasteiger partial charge in [-0.3, -0.25) is 4.98 Å². The van der Waals surface area contributed by atoms with Crippen LogP contribution >= 0.6 is 11.3 Å². The molecule has 5 nitrogen and oxygen atoms in total. The summed E-state index contributed by atoms with van der Waals surface area (Å²) in [6, 6.07) is 15.9. The molecule has 25 heavy (non-hydrogen) atoms. The molecule has 0 saturated carbocycles. The second kappa shape index (κ2) is 7.19.